The molecule has 3 rings (SSSR count). The number of benzene rings is 1. The summed E-state index contributed by atoms with van der Waals surface area (Å²) in [7, 11) is 0. The maximum absolute atomic E-state index is 3.53. The standard InChI is InChI=1S/C13H16N2S/c1-8-6-14-7-12-13(8)10-5-9(16-2)3-4-11(10)15-12/h3-5,8,14-15H,6-7H2,1-2H3. The second kappa shape index (κ2) is 3.82. The van der Waals surface area contributed by atoms with Crippen molar-refractivity contribution >= 4 is 22.7 Å². The number of hydrogen-bond donors (Lipinski definition) is 2. The summed E-state index contributed by atoms with van der Waals surface area (Å²) in [5.74, 6) is 0.606. The first-order valence-electron chi connectivity index (χ1n) is 5.69. The zero-order valence-corrected chi connectivity index (χ0v) is 10.4. The van der Waals surface area contributed by atoms with Crippen molar-refractivity contribution in [2.24, 2.45) is 0 Å². The van der Waals surface area contributed by atoms with Crippen LogP contribution >= 0.6 is 11.8 Å². The molecule has 0 fully saturated rings. The molecule has 0 aliphatic carbocycles. The molecular formula is C13H16N2S. The third kappa shape index (κ3) is 1.46. The van der Waals surface area contributed by atoms with Crippen molar-refractivity contribution in [2.75, 3.05) is 12.8 Å². The first-order chi connectivity index (χ1) is 7.79. The van der Waals surface area contributed by atoms with E-state index >= 15 is 0 Å². The molecule has 3 heteroatoms. The van der Waals surface area contributed by atoms with Crippen molar-refractivity contribution in [1.82, 2.24) is 10.3 Å². The van der Waals surface area contributed by atoms with Crippen molar-refractivity contribution in [3.63, 3.8) is 0 Å². The van der Waals surface area contributed by atoms with E-state index in [0.29, 0.717) is 5.92 Å². The van der Waals surface area contributed by atoms with E-state index in [-0.39, 0.29) is 0 Å². The minimum Gasteiger partial charge on any atom is -0.357 e. The lowest BCUT2D eigenvalue weighted by molar-refractivity contribution is 0.568. The van der Waals surface area contributed by atoms with E-state index in [0.717, 1.165) is 13.1 Å². The number of H-pyrrole nitrogens is 1. The van der Waals surface area contributed by atoms with Crippen LogP contribution in [0.1, 0.15) is 24.1 Å². The fraction of sp³-hybridized carbons (Fsp3) is 0.385. The van der Waals surface area contributed by atoms with Crippen LogP contribution in [0.15, 0.2) is 23.1 Å². The maximum Gasteiger partial charge on any atom is 0.0460 e. The Morgan fingerprint density at radius 2 is 2.25 bits per heavy atom. The molecule has 0 bridgehead atoms. The van der Waals surface area contributed by atoms with Crippen LogP contribution in [0, 0.1) is 0 Å². The summed E-state index contributed by atoms with van der Waals surface area (Å²) < 4.78 is 0. The van der Waals surface area contributed by atoms with Crippen molar-refractivity contribution in [1.29, 1.82) is 0 Å². The smallest absolute Gasteiger partial charge is 0.0460 e. The van der Waals surface area contributed by atoms with Crippen LogP contribution in [0.3, 0.4) is 0 Å². The van der Waals surface area contributed by atoms with Crippen molar-refractivity contribution in [2.45, 2.75) is 24.3 Å². The predicted octanol–water partition coefficient (Wildman–Crippen LogP) is 3.10. The topological polar surface area (TPSA) is 27.8 Å². The predicted molar refractivity (Wildman–Crippen MR) is 70.2 cm³/mol. The zero-order valence-electron chi connectivity index (χ0n) is 9.63. The second-order valence-electron chi connectivity index (χ2n) is 4.46. The molecule has 1 aliphatic heterocycles. The van der Waals surface area contributed by atoms with E-state index in [4.69, 9.17) is 0 Å². The van der Waals surface area contributed by atoms with Gasteiger partial charge in [-0.05, 0) is 35.9 Å². The summed E-state index contributed by atoms with van der Waals surface area (Å²) in [5, 5.41) is 4.86. The second-order valence-corrected chi connectivity index (χ2v) is 5.34. The Balaban J connectivity index is 2.26. The van der Waals surface area contributed by atoms with Gasteiger partial charge in [-0.1, -0.05) is 6.92 Å². The largest absolute Gasteiger partial charge is 0.357 e. The molecule has 1 aromatic carbocycles. The number of nitrogens with one attached hydrogen (secondary N) is 2. The Hall–Kier alpha value is -0.930. The molecule has 0 saturated heterocycles. The molecule has 2 N–H and O–H groups in total. The van der Waals surface area contributed by atoms with E-state index in [1.807, 2.05) is 11.8 Å². The van der Waals surface area contributed by atoms with Gasteiger partial charge < -0.3 is 10.3 Å². The molecule has 0 spiro atoms. The lowest BCUT2D eigenvalue weighted by atomic mass is 9.95. The average molecular weight is 232 g/mol. The minimum absolute atomic E-state index is 0.606. The third-order valence-electron chi connectivity index (χ3n) is 3.37. The normalized spacial score (nSPS) is 20.0. The van der Waals surface area contributed by atoms with E-state index < -0.39 is 0 Å². The summed E-state index contributed by atoms with van der Waals surface area (Å²) >= 11 is 1.81. The molecule has 1 aromatic heterocycles. The lowest BCUT2D eigenvalue weighted by Crippen LogP contribution is -2.26. The molecule has 0 amide bonds. The molecule has 0 saturated carbocycles. The van der Waals surface area contributed by atoms with Gasteiger partial charge in [-0.25, -0.2) is 0 Å². The lowest BCUT2D eigenvalue weighted by Gasteiger charge is -2.20. The van der Waals surface area contributed by atoms with Crippen LogP contribution in [0.5, 0.6) is 0 Å². The Labute approximate surface area is 99.8 Å². The van der Waals surface area contributed by atoms with Gasteiger partial charge in [0.2, 0.25) is 0 Å². The Morgan fingerprint density at radius 1 is 1.38 bits per heavy atom. The fourth-order valence-corrected chi connectivity index (χ4v) is 3.03. The van der Waals surface area contributed by atoms with Crippen LogP contribution in [0.25, 0.3) is 10.9 Å². The van der Waals surface area contributed by atoms with Gasteiger partial charge in [-0.3, -0.25) is 0 Å². The Bertz CT molecular complexity index is 530. The third-order valence-corrected chi connectivity index (χ3v) is 4.10. The van der Waals surface area contributed by atoms with Crippen LogP contribution < -0.4 is 5.32 Å². The highest BCUT2D eigenvalue weighted by atomic mass is 32.2. The molecule has 84 valence electrons. The summed E-state index contributed by atoms with van der Waals surface area (Å²) in [6, 6.07) is 6.70. The van der Waals surface area contributed by atoms with E-state index in [9.17, 15) is 0 Å². The SMILES string of the molecule is CSc1ccc2[nH]c3c(c2c1)C(C)CNC3. The molecule has 2 nitrogen and oxygen atoms in total. The number of hydrogen-bond acceptors (Lipinski definition) is 2. The van der Waals surface area contributed by atoms with Crippen LogP contribution in [-0.2, 0) is 6.54 Å². The van der Waals surface area contributed by atoms with Crippen molar-refractivity contribution in [3.8, 4) is 0 Å². The summed E-state index contributed by atoms with van der Waals surface area (Å²) in [6.07, 6.45) is 2.13. The molecule has 2 aromatic rings. The summed E-state index contributed by atoms with van der Waals surface area (Å²) in [6.45, 7) is 4.36. The first kappa shape index (κ1) is 10.2. The Morgan fingerprint density at radius 3 is 3.06 bits per heavy atom. The van der Waals surface area contributed by atoms with Gasteiger partial charge in [-0.15, -0.1) is 11.8 Å². The van der Waals surface area contributed by atoms with Gasteiger partial charge in [0.15, 0.2) is 0 Å². The van der Waals surface area contributed by atoms with Gasteiger partial charge >= 0.3 is 0 Å². The van der Waals surface area contributed by atoms with Crippen molar-refractivity contribution in [3.05, 3.63) is 29.5 Å². The molecule has 1 atom stereocenters. The highest BCUT2D eigenvalue weighted by molar-refractivity contribution is 7.98. The summed E-state index contributed by atoms with van der Waals surface area (Å²) in [4.78, 5) is 4.87. The molecule has 1 unspecified atom stereocenters. The molecule has 2 heterocycles. The number of aromatic amines is 1. The van der Waals surface area contributed by atoms with Crippen LogP contribution in [-0.4, -0.2) is 17.8 Å². The molecule has 0 radical (unpaired) electrons. The Kier molecular flexibility index (Phi) is 2.45. The van der Waals surface area contributed by atoms with Crippen LogP contribution in [0.2, 0.25) is 0 Å². The van der Waals surface area contributed by atoms with Crippen molar-refractivity contribution < 1.29 is 0 Å². The van der Waals surface area contributed by atoms with E-state index in [1.54, 1.807) is 0 Å². The van der Waals surface area contributed by atoms with E-state index in [1.165, 1.54) is 27.1 Å². The van der Waals surface area contributed by atoms with Gasteiger partial charge in [0.25, 0.3) is 0 Å². The highest BCUT2D eigenvalue weighted by Crippen LogP contribution is 2.33. The number of thioether (sulfide) groups is 1. The van der Waals surface area contributed by atoms with Crippen LogP contribution in [0.4, 0.5) is 0 Å². The maximum atomic E-state index is 3.53. The average Bonchev–Trinajstić information content (AvgIpc) is 2.67. The number of rotatable bonds is 1. The van der Waals surface area contributed by atoms with Gasteiger partial charge in [0.1, 0.15) is 0 Å². The molecule has 1 aliphatic rings. The number of fused-ring (bicyclic) bond motifs is 3. The highest BCUT2D eigenvalue weighted by Gasteiger charge is 2.20. The fourth-order valence-electron chi connectivity index (χ4n) is 2.59. The zero-order chi connectivity index (χ0) is 11.1. The van der Waals surface area contributed by atoms with Gasteiger partial charge in [0, 0.05) is 34.6 Å². The minimum atomic E-state index is 0.606. The summed E-state index contributed by atoms with van der Waals surface area (Å²) in [5.41, 5.74) is 4.16. The van der Waals surface area contributed by atoms with E-state index in [2.05, 4.69) is 41.7 Å². The van der Waals surface area contributed by atoms with Gasteiger partial charge in [0.05, 0.1) is 0 Å². The quantitative estimate of drug-likeness (QED) is 0.739. The van der Waals surface area contributed by atoms with Gasteiger partial charge in [-0.2, -0.15) is 0 Å². The molecular weight excluding hydrogens is 216 g/mol. The first-order valence-corrected chi connectivity index (χ1v) is 6.91. The molecule has 16 heavy (non-hydrogen) atoms. The monoisotopic (exact) mass is 232 g/mol. The number of aromatic nitrogens is 1.